The number of piperidine rings is 1. The van der Waals surface area contributed by atoms with Gasteiger partial charge in [-0.25, -0.2) is 4.98 Å². The molecule has 1 fully saturated rings. The van der Waals surface area contributed by atoms with Crippen LogP contribution in [0.15, 0.2) is 12.3 Å². The second-order valence-corrected chi connectivity index (χ2v) is 4.86. The SMILES string of the molecule is CCC1CCCCN1c1nccc(N(C)C)n1. The first-order valence-electron chi connectivity index (χ1n) is 6.49. The highest BCUT2D eigenvalue weighted by molar-refractivity contribution is 5.43. The van der Waals surface area contributed by atoms with Gasteiger partial charge in [0.1, 0.15) is 5.82 Å². The summed E-state index contributed by atoms with van der Waals surface area (Å²) in [7, 11) is 4.03. The second kappa shape index (κ2) is 5.34. The molecule has 1 aromatic heterocycles. The maximum absolute atomic E-state index is 4.63. The summed E-state index contributed by atoms with van der Waals surface area (Å²) in [6.07, 6.45) is 6.90. The van der Waals surface area contributed by atoms with Gasteiger partial charge in [0, 0.05) is 32.9 Å². The maximum atomic E-state index is 4.63. The molecule has 0 saturated carbocycles. The molecule has 2 heterocycles. The van der Waals surface area contributed by atoms with Crippen LogP contribution >= 0.6 is 0 Å². The normalized spacial score (nSPS) is 20.4. The zero-order valence-corrected chi connectivity index (χ0v) is 11.1. The van der Waals surface area contributed by atoms with E-state index >= 15 is 0 Å². The van der Waals surface area contributed by atoms with E-state index in [1.54, 1.807) is 0 Å². The summed E-state index contributed by atoms with van der Waals surface area (Å²) >= 11 is 0. The topological polar surface area (TPSA) is 32.3 Å². The van der Waals surface area contributed by atoms with Gasteiger partial charge in [-0.15, -0.1) is 0 Å². The van der Waals surface area contributed by atoms with Crippen molar-refractivity contribution < 1.29 is 0 Å². The first kappa shape index (κ1) is 12.1. The highest BCUT2D eigenvalue weighted by Gasteiger charge is 2.23. The molecular formula is C13H22N4. The lowest BCUT2D eigenvalue weighted by atomic mass is 10.0. The molecule has 0 aliphatic carbocycles. The molecular weight excluding hydrogens is 212 g/mol. The van der Waals surface area contributed by atoms with E-state index in [2.05, 4.69) is 21.8 Å². The van der Waals surface area contributed by atoms with Crippen LogP contribution in [-0.2, 0) is 0 Å². The predicted octanol–water partition coefficient (Wildman–Crippen LogP) is 2.31. The van der Waals surface area contributed by atoms with Gasteiger partial charge in [-0.2, -0.15) is 4.98 Å². The van der Waals surface area contributed by atoms with Crippen LogP contribution in [0.3, 0.4) is 0 Å². The van der Waals surface area contributed by atoms with Gasteiger partial charge in [-0.05, 0) is 31.7 Å². The van der Waals surface area contributed by atoms with Gasteiger partial charge in [-0.1, -0.05) is 6.92 Å². The zero-order chi connectivity index (χ0) is 12.3. The van der Waals surface area contributed by atoms with Crippen molar-refractivity contribution in [2.75, 3.05) is 30.4 Å². The van der Waals surface area contributed by atoms with Crippen molar-refractivity contribution in [2.45, 2.75) is 38.6 Å². The van der Waals surface area contributed by atoms with Crippen LogP contribution in [0.1, 0.15) is 32.6 Å². The van der Waals surface area contributed by atoms with Crippen LogP contribution in [-0.4, -0.2) is 36.6 Å². The van der Waals surface area contributed by atoms with Crippen molar-refractivity contribution >= 4 is 11.8 Å². The van der Waals surface area contributed by atoms with Crippen molar-refractivity contribution in [1.29, 1.82) is 0 Å². The lowest BCUT2D eigenvalue weighted by molar-refractivity contribution is 0.443. The maximum Gasteiger partial charge on any atom is 0.227 e. The molecule has 0 spiro atoms. The molecule has 2 rings (SSSR count). The quantitative estimate of drug-likeness (QED) is 0.803. The molecule has 4 heteroatoms. The molecule has 4 nitrogen and oxygen atoms in total. The Morgan fingerprint density at radius 2 is 2.24 bits per heavy atom. The lowest BCUT2D eigenvalue weighted by Crippen LogP contribution is -2.40. The average Bonchev–Trinajstić information content (AvgIpc) is 2.39. The molecule has 0 aromatic carbocycles. The summed E-state index contributed by atoms with van der Waals surface area (Å²) in [5.41, 5.74) is 0. The van der Waals surface area contributed by atoms with Crippen LogP contribution in [0, 0.1) is 0 Å². The molecule has 1 aromatic rings. The van der Waals surface area contributed by atoms with E-state index in [1.807, 2.05) is 31.3 Å². The molecule has 1 saturated heterocycles. The summed E-state index contributed by atoms with van der Waals surface area (Å²) in [5, 5.41) is 0. The van der Waals surface area contributed by atoms with E-state index < -0.39 is 0 Å². The van der Waals surface area contributed by atoms with Crippen molar-refractivity contribution in [3.05, 3.63) is 12.3 Å². The molecule has 0 amide bonds. The highest BCUT2D eigenvalue weighted by Crippen LogP contribution is 2.24. The van der Waals surface area contributed by atoms with Crippen molar-refractivity contribution in [3.63, 3.8) is 0 Å². The van der Waals surface area contributed by atoms with Crippen LogP contribution in [0.4, 0.5) is 11.8 Å². The minimum absolute atomic E-state index is 0.612. The Kier molecular flexibility index (Phi) is 3.82. The van der Waals surface area contributed by atoms with Gasteiger partial charge in [0.05, 0.1) is 0 Å². The molecule has 0 radical (unpaired) electrons. The molecule has 1 atom stereocenters. The summed E-state index contributed by atoms with van der Waals surface area (Å²) in [4.78, 5) is 13.5. The van der Waals surface area contributed by atoms with Gasteiger partial charge in [-0.3, -0.25) is 0 Å². The van der Waals surface area contributed by atoms with E-state index in [-0.39, 0.29) is 0 Å². The second-order valence-electron chi connectivity index (χ2n) is 4.86. The fraction of sp³-hybridized carbons (Fsp3) is 0.692. The van der Waals surface area contributed by atoms with Gasteiger partial charge < -0.3 is 9.80 Å². The van der Waals surface area contributed by atoms with Crippen molar-refractivity contribution in [2.24, 2.45) is 0 Å². The number of aromatic nitrogens is 2. The van der Waals surface area contributed by atoms with E-state index in [9.17, 15) is 0 Å². The first-order chi connectivity index (χ1) is 8.22. The fourth-order valence-electron chi connectivity index (χ4n) is 2.41. The third kappa shape index (κ3) is 2.68. The Bertz CT molecular complexity index is 364. The number of rotatable bonds is 3. The summed E-state index contributed by atoms with van der Waals surface area (Å²) in [5.74, 6) is 1.87. The Morgan fingerprint density at radius 1 is 1.41 bits per heavy atom. The first-order valence-corrected chi connectivity index (χ1v) is 6.49. The molecule has 1 aliphatic heterocycles. The summed E-state index contributed by atoms with van der Waals surface area (Å²) < 4.78 is 0. The molecule has 1 unspecified atom stereocenters. The average molecular weight is 234 g/mol. The standard InChI is InChI=1S/C13H22N4/c1-4-11-7-5-6-10-17(11)13-14-9-8-12(15-13)16(2)3/h8-9,11H,4-7,10H2,1-3H3. The summed E-state index contributed by atoms with van der Waals surface area (Å²) in [6.45, 7) is 3.34. The van der Waals surface area contributed by atoms with E-state index in [4.69, 9.17) is 0 Å². The largest absolute Gasteiger partial charge is 0.363 e. The van der Waals surface area contributed by atoms with Crippen molar-refractivity contribution in [1.82, 2.24) is 9.97 Å². The van der Waals surface area contributed by atoms with Crippen LogP contribution < -0.4 is 9.80 Å². The van der Waals surface area contributed by atoms with Gasteiger partial charge >= 0.3 is 0 Å². The Hall–Kier alpha value is -1.32. The third-order valence-electron chi connectivity index (χ3n) is 3.44. The van der Waals surface area contributed by atoms with E-state index in [1.165, 1.54) is 25.7 Å². The molecule has 0 N–H and O–H groups in total. The third-order valence-corrected chi connectivity index (χ3v) is 3.44. The van der Waals surface area contributed by atoms with Crippen LogP contribution in [0.25, 0.3) is 0 Å². The molecule has 94 valence electrons. The Labute approximate surface area is 104 Å². The van der Waals surface area contributed by atoms with Crippen LogP contribution in [0.5, 0.6) is 0 Å². The van der Waals surface area contributed by atoms with Gasteiger partial charge in [0.25, 0.3) is 0 Å². The molecule has 0 bridgehead atoms. The minimum atomic E-state index is 0.612. The van der Waals surface area contributed by atoms with Crippen LogP contribution in [0.2, 0.25) is 0 Å². The van der Waals surface area contributed by atoms with E-state index in [0.29, 0.717) is 6.04 Å². The molecule has 1 aliphatic rings. The smallest absolute Gasteiger partial charge is 0.227 e. The monoisotopic (exact) mass is 234 g/mol. The Balaban J connectivity index is 2.22. The number of hydrogen-bond acceptors (Lipinski definition) is 4. The fourth-order valence-corrected chi connectivity index (χ4v) is 2.41. The zero-order valence-electron chi connectivity index (χ0n) is 11.1. The molecule has 17 heavy (non-hydrogen) atoms. The Morgan fingerprint density at radius 3 is 2.94 bits per heavy atom. The number of anilines is 2. The minimum Gasteiger partial charge on any atom is -0.363 e. The van der Waals surface area contributed by atoms with Gasteiger partial charge in [0.2, 0.25) is 5.95 Å². The van der Waals surface area contributed by atoms with E-state index in [0.717, 1.165) is 18.3 Å². The number of hydrogen-bond donors (Lipinski definition) is 0. The number of nitrogens with zero attached hydrogens (tertiary/aromatic N) is 4. The lowest BCUT2D eigenvalue weighted by Gasteiger charge is -2.35. The highest BCUT2D eigenvalue weighted by atomic mass is 15.3. The summed E-state index contributed by atoms with van der Waals surface area (Å²) in [6, 6.07) is 2.56. The predicted molar refractivity (Wildman–Crippen MR) is 71.6 cm³/mol. The van der Waals surface area contributed by atoms with Crippen molar-refractivity contribution in [3.8, 4) is 0 Å². The van der Waals surface area contributed by atoms with Gasteiger partial charge in [0.15, 0.2) is 0 Å².